The molecule has 1 aromatic carbocycles. The molecule has 0 saturated carbocycles. The molecule has 0 radical (unpaired) electrons. The Balaban J connectivity index is 2.29. The maximum Gasteiger partial charge on any atom is 0.337 e. The molecule has 17 heavy (non-hydrogen) atoms. The molecule has 0 aliphatic carbocycles. The Labute approximate surface area is 99.6 Å². The molecule has 2 N–H and O–H groups in total. The van der Waals surface area contributed by atoms with Gasteiger partial charge in [-0.25, -0.2) is 4.79 Å². The lowest BCUT2D eigenvalue weighted by Crippen LogP contribution is -2.37. The van der Waals surface area contributed by atoms with Gasteiger partial charge in [0.2, 0.25) is 0 Å². The van der Waals surface area contributed by atoms with Crippen LogP contribution in [0.5, 0.6) is 0 Å². The van der Waals surface area contributed by atoms with E-state index in [1.807, 2.05) is 30.3 Å². The van der Waals surface area contributed by atoms with Gasteiger partial charge in [0.1, 0.15) is 6.10 Å². The van der Waals surface area contributed by atoms with E-state index in [2.05, 4.69) is 4.74 Å². The Bertz CT molecular complexity index is 338. The Morgan fingerprint density at radius 1 is 1.29 bits per heavy atom. The molecule has 0 heterocycles. The zero-order chi connectivity index (χ0) is 12.7. The number of methoxy groups -OCH3 is 1. The van der Waals surface area contributed by atoms with Gasteiger partial charge < -0.3 is 19.7 Å². The molecule has 0 amide bonds. The lowest BCUT2D eigenvalue weighted by atomic mass is 10.2. The van der Waals surface area contributed by atoms with Crippen LogP contribution < -0.4 is 0 Å². The molecular weight excluding hydrogens is 224 g/mol. The first-order valence-corrected chi connectivity index (χ1v) is 5.20. The second kappa shape index (κ2) is 7.01. The zero-order valence-electron chi connectivity index (χ0n) is 9.57. The average Bonchev–Trinajstić information content (AvgIpc) is 2.38. The minimum absolute atomic E-state index is 0.134. The number of aliphatic hydroxyl groups excluding tert-OH is 2. The topological polar surface area (TPSA) is 76.0 Å². The third-order valence-electron chi connectivity index (χ3n) is 2.21. The van der Waals surface area contributed by atoms with Crippen molar-refractivity contribution in [3.63, 3.8) is 0 Å². The third kappa shape index (κ3) is 4.52. The number of esters is 1. The minimum Gasteiger partial charge on any atom is -0.467 e. The number of aliphatic hydroxyl groups is 2. The van der Waals surface area contributed by atoms with Gasteiger partial charge in [-0.3, -0.25) is 0 Å². The van der Waals surface area contributed by atoms with Gasteiger partial charge in [0, 0.05) is 0 Å². The van der Waals surface area contributed by atoms with Gasteiger partial charge in [-0.1, -0.05) is 30.3 Å². The quantitative estimate of drug-likeness (QED) is 0.690. The summed E-state index contributed by atoms with van der Waals surface area (Å²) in [5.74, 6) is -0.874. The van der Waals surface area contributed by atoms with Crippen LogP contribution in [0.15, 0.2) is 30.3 Å². The van der Waals surface area contributed by atoms with Crippen LogP contribution in [0, 0.1) is 0 Å². The summed E-state index contributed by atoms with van der Waals surface area (Å²) in [7, 11) is 1.14. The molecule has 0 spiro atoms. The summed E-state index contributed by atoms with van der Waals surface area (Å²) < 4.78 is 9.47. The van der Waals surface area contributed by atoms with Gasteiger partial charge in [0.05, 0.1) is 20.3 Å². The lowest BCUT2D eigenvalue weighted by molar-refractivity contribution is -0.159. The molecule has 94 valence electrons. The lowest BCUT2D eigenvalue weighted by Gasteiger charge is -2.15. The second-order valence-electron chi connectivity index (χ2n) is 3.54. The smallest absolute Gasteiger partial charge is 0.337 e. The third-order valence-corrected chi connectivity index (χ3v) is 2.21. The van der Waals surface area contributed by atoms with Gasteiger partial charge in [-0.15, -0.1) is 0 Å². The van der Waals surface area contributed by atoms with Crippen LogP contribution >= 0.6 is 0 Å². The molecule has 0 saturated heterocycles. The van der Waals surface area contributed by atoms with Gasteiger partial charge in [-0.05, 0) is 5.56 Å². The number of rotatable bonds is 6. The largest absolute Gasteiger partial charge is 0.467 e. The Kier molecular flexibility index (Phi) is 5.62. The van der Waals surface area contributed by atoms with Crippen molar-refractivity contribution in [2.45, 2.75) is 18.8 Å². The summed E-state index contributed by atoms with van der Waals surface area (Å²) in [5, 5.41) is 18.7. The van der Waals surface area contributed by atoms with E-state index >= 15 is 0 Å². The SMILES string of the molecule is COC(=O)[C@H](O)[C@@H](O)COCc1ccccc1. The Morgan fingerprint density at radius 2 is 1.94 bits per heavy atom. The van der Waals surface area contributed by atoms with Crippen molar-refractivity contribution in [2.24, 2.45) is 0 Å². The summed E-state index contributed by atoms with van der Waals surface area (Å²) in [6.45, 7) is 0.178. The second-order valence-corrected chi connectivity index (χ2v) is 3.54. The predicted octanol–water partition coefficient (Wildman–Crippen LogP) is 0.0980. The number of carbonyl (C=O) groups excluding carboxylic acids is 1. The van der Waals surface area contributed by atoms with E-state index in [4.69, 9.17) is 4.74 Å². The highest BCUT2D eigenvalue weighted by molar-refractivity contribution is 5.74. The van der Waals surface area contributed by atoms with E-state index in [0.717, 1.165) is 12.7 Å². The number of carbonyl (C=O) groups is 1. The number of hydrogen-bond acceptors (Lipinski definition) is 5. The fourth-order valence-electron chi connectivity index (χ4n) is 1.24. The van der Waals surface area contributed by atoms with Gasteiger partial charge >= 0.3 is 5.97 Å². The van der Waals surface area contributed by atoms with Crippen molar-refractivity contribution >= 4 is 5.97 Å². The molecule has 0 aliphatic rings. The summed E-state index contributed by atoms with van der Waals surface area (Å²) in [6.07, 6.45) is -2.86. The summed E-state index contributed by atoms with van der Waals surface area (Å²) in [6, 6.07) is 9.39. The normalized spacial score (nSPS) is 14.1. The highest BCUT2D eigenvalue weighted by Crippen LogP contribution is 2.03. The Hall–Kier alpha value is -1.43. The van der Waals surface area contributed by atoms with Crippen LogP contribution in [0.25, 0.3) is 0 Å². The van der Waals surface area contributed by atoms with Crippen molar-refractivity contribution in [3.05, 3.63) is 35.9 Å². The molecular formula is C12H16O5. The van der Waals surface area contributed by atoms with E-state index in [1.165, 1.54) is 0 Å². The van der Waals surface area contributed by atoms with E-state index in [0.29, 0.717) is 6.61 Å². The highest BCUT2D eigenvalue weighted by atomic mass is 16.5. The highest BCUT2D eigenvalue weighted by Gasteiger charge is 2.24. The predicted molar refractivity (Wildman–Crippen MR) is 60.1 cm³/mol. The summed E-state index contributed by atoms with van der Waals surface area (Å²) in [4.78, 5) is 10.9. The van der Waals surface area contributed by atoms with Crippen LogP contribution in [0.4, 0.5) is 0 Å². The zero-order valence-corrected chi connectivity index (χ0v) is 9.57. The first-order valence-electron chi connectivity index (χ1n) is 5.20. The van der Waals surface area contributed by atoms with Gasteiger partial charge in [-0.2, -0.15) is 0 Å². The molecule has 0 fully saturated rings. The van der Waals surface area contributed by atoms with Gasteiger partial charge in [0.15, 0.2) is 6.10 Å². The number of ether oxygens (including phenoxy) is 2. The first-order chi connectivity index (χ1) is 8.15. The molecule has 0 aliphatic heterocycles. The molecule has 0 unspecified atom stereocenters. The fraction of sp³-hybridized carbons (Fsp3) is 0.417. The molecule has 0 aromatic heterocycles. The summed E-state index contributed by atoms with van der Waals surface area (Å²) >= 11 is 0. The van der Waals surface area contributed by atoms with E-state index in [9.17, 15) is 15.0 Å². The first kappa shape index (κ1) is 13.6. The van der Waals surface area contributed by atoms with E-state index < -0.39 is 18.2 Å². The van der Waals surface area contributed by atoms with Crippen LogP contribution in [0.1, 0.15) is 5.56 Å². The van der Waals surface area contributed by atoms with Crippen molar-refractivity contribution in [2.75, 3.05) is 13.7 Å². The van der Waals surface area contributed by atoms with E-state index in [-0.39, 0.29) is 6.61 Å². The van der Waals surface area contributed by atoms with E-state index in [1.54, 1.807) is 0 Å². The van der Waals surface area contributed by atoms with Crippen LogP contribution in [0.2, 0.25) is 0 Å². The Morgan fingerprint density at radius 3 is 2.53 bits per heavy atom. The number of benzene rings is 1. The van der Waals surface area contributed by atoms with Crippen LogP contribution in [0.3, 0.4) is 0 Å². The molecule has 1 rings (SSSR count). The van der Waals surface area contributed by atoms with Gasteiger partial charge in [0.25, 0.3) is 0 Å². The summed E-state index contributed by atoms with van der Waals surface area (Å²) in [5.41, 5.74) is 0.951. The maximum atomic E-state index is 10.9. The molecule has 1 aromatic rings. The monoisotopic (exact) mass is 240 g/mol. The fourth-order valence-corrected chi connectivity index (χ4v) is 1.24. The molecule has 0 bridgehead atoms. The minimum atomic E-state index is -1.57. The number of hydrogen-bond donors (Lipinski definition) is 2. The van der Waals surface area contributed by atoms with Crippen molar-refractivity contribution in [3.8, 4) is 0 Å². The van der Waals surface area contributed by atoms with Crippen molar-refractivity contribution in [1.82, 2.24) is 0 Å². The van der Waals surface area contributed by atoms with Crippen LogP contribution in [-0.4, -0.2) is 42.1 Å². The molecule has 2 atom stereocenters. The standard InChI is InChI=1S/C12H16O5/c1-16-12(15)11(14)10(13)8-17-7-9-5-3-2-4-6-9/h2-6,10-11,13-14H,7-8H2,1H3/t10-,11+/m0/s1. The van der Waals surface area contributed by atoms with Crippen molar-refractivity contribution < 1.29 is 24.5 Å². The average molecular weight is 240 g/mol. The molecule has 5 nitrogen and oxygen atoms in total. The van der Waals surface area contributed by atoms with Crippen LogP contribution in [-0.2, 0) is 20.9 Å². The molecule has 5 heteroatoms. The van der Waals surface area contributed by atoms with Crippen molar-refractivity contribution in [1.29, 1.82) is 0 Å². The maximum absolute atomic E-state index is 10.9.